The lowest BCUT2D eigenvalue weighted by Crippen LogP contribution is -2.14. The van der Waals surface area contributed by atoms with E-state index in [9.17, 15) is 4.79 Å². The highest BCUT2D eigenvalue weighted by atomic mass is 35.5. The average molecular weight is 468 g/mol. The minimum atomic E-state index is -0.532. The van der Waals surface area contributed by atoms with E-state index in [1.165, 1.54) is 0 Å². The maximum absolute atomic E-state index is 12.3. The maximum Gasteiger partial charge on any atom is 0.277 e. The van der Waals surface area contributed by atoms with Crippen molar-refractivity contribution in [2.75, 3.05) is 18.2 Å². The predicted octanol–water partition coefficient (Wildman–Crippen LogP) is 5.56. The van der Waals surface area contributed by atoms with Gasteiger partial charge in [-0.05, 0) is 49.7 Å². The number of anilines is 1. The molecule has 30 heavy (non-hydrogen) atoms. The lowest BCUT2D eigenvalue weighted by Gasteiger charge is -2.12. The number of benzene rings is 2. The summed E-state index contributed by atoms with van der Waals surface area (Å²) in [5.74, 6) is 1.18. The van der Waals surface area contributed by atoms with Crippen molar-refractivity contribution in [3.63, 3.8) is 0 Å². The Hall–Kier alpha value is -2.42. The number of nitrogens with zero attached hydrogens (tertiary/aromatic N) is 2. The van der Waals surface area contributed by atoms with Crippen molar-refractivity contribution in [2.45, 2.75) is 25.2 Å². The Labute approximate surface area is 188 Å². The molecule has 0 fully saturated rings. The van der Waals surface area contributed by atoms with Gasteiger partial charge in [0.2, 0.25) is 5.91 Å². The molecular weight excluding hydrogens is 449 g/mol. The van der Waals surface area contributed by atoms with E-state index in [0.29, 0.717) is 27.2 Å². The van der Waals surface area contributed by atoms with Crippen molar-refractivity contribution in [1.82, 2.24) is 10.2 Å². The van der Waals surface area contributed by atoms with E-state index in [0.717, 1.165) is 17.3 Å². The monoisotopic (exact) mass is 467 g/mol. The lowest BCUT2D eigenvalue weighted by atomic mass is 10.2. The van der Waals surface area contributed by atoms with Crippen LogP contribution >= 0.6 is 35.0 Å². The molecule has 0 aliphatic heterocycles. The van der Waals surface area contributed by atoms with E-state index in [-0.39, 0.29) is 22.8 Å². The van der Waals surface area contributed by atoms with Crippen molar-refractivity contribution in [1.29, 1.82) is 0 Å². The summed E-state index contributed by atoms with van der Waals surface area (Å²) in [4.78, 5) is 12.3. The van der Waals surface area contributed by atoms with Gasteiger partial charge in [-0.25, -0.2) is 0 Å². The fourth-order valence-corrected chi connectivity index (χ4v) is 3.51. The first-order valence-corrected chi connectivity index (χ1v) is 10.6. The normalized spacial score (nSPS) is 11.8. The number of methoxy groups -OCH3 is 1. The van der Waals surface area contributed by atoms with Crippen LogP contribution in [0.25, 0.3) is 0 Å². The first-order chi connectivity index (χ1) is 14.4. The van der Waals surface area contributed by atoms with Gasteiger partial charge in [-0.15, -0.1) is 10.2 Å². The molecule has 0 radical (unpaired) electrons. The molecule has 0 aliphatic carbocycles. The summed E-state index contributed by atoms with van der Waals surface area (Å²) in [6.45, 7) is 3.69. The molecule has 158 valence electrons. The number of hydrogen-bond acceptors (Lipinski definition) is 7. The van der Waals surface area contributed by atoms with Crippen LogP contribution < -0.4 is 14.8 Å². The van der Waals surface area contributed by atoms with Gasteiger partial charge in [0.25, 0.3) is 11.1 Å². The number of carbonyl (C=O) groups is 1. The first kappa shape index (κ1) is 22.3. The molecule has 0 saturated heterocycles. The number of thioether (sulfide) groups is 1. The summed E-state index contributed by atoms with van der Waals surface area (Å²) in [5, 5.41) is 11.9. The smallest absolute Gasteiger partial charge is 0.277 e. The van der Waals surface area contributed by atoms with E-state index >= 15 is 0 Å². The molecule has 3 rings (SSSR count). The van der Waals surface area contributed by atoms with Crippen LogP contribution in [0, 0.1) is 6.92 Å². The van der Waals surface area contributed by atoms with Crippen LogP contribution in [0.2, 0.25) is 10.0 Å². The molecule has 0 aliphatic rings. The summed E-state index contributed by atoms with van der Waals surface area (Å²) >= 11 is 13.1. The Bertz CT molecular complexity index is 1040. The number of amides is 1. The summed E-state index contributed by atoms with van der Waals surface area (Å²) in [5.41, 5.74) is 1.62. The number of hydrogen-bond donors (Lipinski definition) is 1. The molecule has 7 nitrogen and oxygen atoms in total. The molecule has 1 N–H and O–H groups in total. The maximum atomic E-state index is 12.3. The van der Waals surface area contributed by atoms with Gasteiger partial charge < -0.3 is 19.2 Å². The Morgan fingerprint density at radius 2 is 1.97 bits per heavy atom. The number of rotatable bonds is 8. The zero-order valence-corrected chi connectivity index (χ0v) is 18.8. The number of nitrogens with one attached hydrogen (secondary N) is 1. The van der Waals surface area contributed by atoms with E-state index in [4.69, 9.17) is 37.1 Å². The van der Waals surface area contributed by atoms with E-state index in [2.05, 4.69) is 15.5 Å². The minimum absolute atomic E-state index is 0.0942. The van der Waals surface area contributed by atoms with Crippen molar-refractivity contribution in [3.05, 3.63) is 57.9 Å². The Kier molecular flexibility index (Phi) is 7.47. The Morgan fingerprint density at radius 1 is 1.20 bits per heavy atom. The van der Waals surface area contributed by atoms with Crippen molar-refractivity contribution >= 4 is 46.6 Å². The molecule has 0 unspecified atom stereocenters. The van der Waals surface area contributed by atoms with Crippen LogP contribution in [0.4, 0.5) is 5.69 Å². The van der Waals surface area contributed by atoms with Crippen molar-refractivity contribution in [3.8, 4) is 11.5 Å². The fourth-order valence-electron chi connectivity index (χ4n) is 2.49. The molecule has 10 heteroatoms. The third kappa shape index (κ3) is 5.81. The Morgan fingerprint density at radius 3 is 2.70 bits per heavy atom. The summed E-state index contributed by atoms with van der Waals surface area (Å²) < 4.78 is 16.6. The molecule has 3 aromatic rings. The topological polar surface area (TPSA) is 86.5 Å². The van der Waals surface area contributed by atoms with Gasteiger partial charge in [-0.2, -0.15) is 0 Å². The second-order valence-corrected chi connectivity index (χ2v) is 8.05. The summed E-state index contributed by atoms with van der Waals surface area (Å²) in [6, 6.07) is 10.5. The number of ether oxygens (including phenoxy) is 2. The molecule has 2 aromatic carbocycles. The molecular formula is C20H19Cl2N3O4S. The molecule has 1 aromatic heterocycles. The average Bonchev–Trinajstić information content (AvgIpc) is 3.18. The minimum Gasteiger partial charge on any atom is -0.495 e. The first-order valence-electron chi connectivity index (χ1n) is 8.88. The van der Waals surface area contributed by atoms with E-state index in [1.54, 1.807) is 38.3 Å². The van der Waals surface area contributed by atoms with Gasteiger partial charge in [0, 0.05) is 5.02 Å². The second-order valence-electron chi connectivity index (χ2n) is 6.28. The van der Waals surface area contributed by atoms with Crippen LogP contribution in [0.15, 0.2) is 46.0 Å². The van der Waals surface area contributed by atoms with Crippen LogP contribution in [0.5, 0.6) is 11.5 Å². The summed E-state index contributed by atoms with van der Waals surface area (Å²) in [7, 11) is 1.55. The van der Waals surface area contributed by atoms with Crippen LogP contribution in [-0.4, -0.2) is 29.0 Å². The predicted molar refractivity (Wildman–Crippen MR) is 117 cm³/mol. The standard InChI is InChI=1S/C20H19Cl2N3O4S/c1-11-4-6-17(27-3)15(8-11)23-18(26)10-30-20-25-24-19(29-20)12(2)28-16-7-5-13(21)9-14(16)22/h4-9,12H,10H2,1-3H3,(H,23,26)/t12-/m1/s1. The van der Waals surface area contributed by atoms with Gasteiger partial charge in [0.05, 0.1) is 23.6 Å². The highest BCUT2D eigenvalue weighted by molar-refractivity contribution is 7.99. The largest absolute Gasteiger partial charge is 0.495 e. The zero-order chi connectivity index (χ0) is 21.7. The SMILES string of the molecule is COc1ccc(C)cc1NC(=O)CSc1nnc([C@@H](C)Oc2ccc(Cl)cc2Cl)o1. The molecule has 0 bridgehead atoms. The number of halogens is 2. The number of carbonyl (C=O) groups excluding carboxylic acids is 1. The second kappa shape index (κ2) is 10.1. The van der Waals surface area contributed by atoms with Gasteiger partial charge in [-0.1, -0.05) is 41.0 Å². The molecule has 1 heterocycles. The third-order valence-electron chi connectivity index (χ3n) is 3.92. The van der Waals surface area contributed by atoms with Crippen LogP contribution in [0.1, 0.15) is 24.5 Å². The van der Waals surface area contributed by atoms with E-state index < -0.39 is 6.10 Å². The van der Waals surface area contributed by atoms with Gasteiger partial charge >= 0.3 is 0 Å². The van der Waals surface area contributed by atoms with Gasteiger partial charge in [0.1, 0.15) is 11.5 Å². The van der Waals surface area contributed by atoms with Crippen molar-refractivity contribution in [2.24, 2.45) is 0 Å². The number of aromatic nitrogens is 2. The van der Waals surface area contributed by atoms with Gasteiger partial charge in [0.15, 0.2) is 6.10 Å². The molecule has 1 atom stereocenters. The third-order valence-corrected chi connectivity index (χ3v) is 5.27. The molecule has 0 spiro atoms. The summed E-state index contributed by atoms with van der Waals surface area (Å²) in [6.07, 6.45) is -0.532. The highest BCUT2D eigenvalue weighted by Gasteiger charge is 2.18. The quantitative estimate of drug-likeness (QED) is 0.433. The Balaban J connectivity index is 1.56. The lowest BCUT2D eigenvalue weighted by molar-refractivity contribution is -0.113. The van der Waals surface area contributed by atoms with Crippen LogP contribution in [-0.2, 0) is 4.79 Å². The van der Waals surface area contributed by atoms with Gasteiger partial charge in [-0.3, -0.25) is 4.79 Å². The highest BCUT2D eigenvalue weighted by Crippen LogP contribution is 2.31. The zero-order valence-electron chi connectivity index (χ0n) is 16.4. The number of aryl methyl sites for hydroxylation is 1. The van der Waals surface area contributed by atoms with E-state index in [1.807, 2.05) is 19.1 Å². The molecule has 0 saturated carbocycles. The van der Waals surface area contributed by atoms with Crippen molar-refractivity contribution < 1.29 is 18.7 Å². The molecule has 1 amide bonds. The van der Waals surface area contributed by atoms with Crippen LogP contribution in [0.3, 0.4) is 0 Å². The fraction of sp³-hybridized carbons (Fsp3) is 0.250.